The number of nitrogens with zero attached hydrogens (tertiary/aromatic N) is 1. The number of nitrogens with two attached hydrogens (primary N) is 1. The highest BCUT2D eigenvalue weighted by molar-refractivity contribution is 5.25. The minimum absolute atomic E-state index is 0.188. The van der Waals surface area contributed by atoms with Crippen LogP contribution in [0, 0.1) is 5.92 Å². The summed E-state index contributed by atoms with van der Waals surface area (Å²) < 4.78 is 0. The molecule has 0 aromatic carbocycles. The summed E-state index contributed by atoms with van der Waals surface area (Å²) in [6.07, 6.45) is 8.18. The van der Waals surface area contributed by atoms with Crippen molar-refractivity contribution in [2.45, 2.75) is 58.5 Å². The van der Waals surface area contributed by atoms with Crippen LogP contribution in [0.15, 0.2) is 23.3 Å². The van der Waals surface area contributed by atoms with E-state index in [4.69, 9.17) is 5.73 Å². The molecular formula is C16H28N2. The Labute approximate surface area is 112 Å². The Morgan fingerprint density at radius 1 is 1.33 bits per heavy atom. The fourth-order valence-electron chi connectivity index (χ4n) is 3.03. The molecule has 2 rings (SSSR count). The molecule has 1 atom stereocenters. The maximum Gasteiger partial charge on any atom is 0.0370 e. The quantitative estimate of drug-likeness (QED) is 0.778. The molecule has 2 nitrogen and oxygen atoms in total. The van der Waals surface area contributed by atoms with Crippen molar-refractivity contribution in [1.82, 2.24) is 4.90 Å². The molecule has 0 amide bonds. The van der Waals surface area contributed by atoms with Crippen LogP contribution in [0.4, 0.5) is 0 Å². The van der Waals surface area contributed by atoms with E-state index in [0.717, 1.165) is 25.9 Å². The van der Waals surface area contributed by atoms with E-state index in [9.17, 15) is 0 Å². The summed E-state index contributed by atoms with van der Waals surface area (Å²) in [5.74, 6) is 0.680. The lowest BCUT2D eigenvalue weighted by Gasteiger charge is -2.40. The molecule has 2 heteroatoms. The van der Waals surface area contributed by atoms with Crippen LogP contribution < -0.4 is 5.73 Å². The standard InChI is InChI=1S/C16H28N2/c1-12(2)13-9-10-18(11-13)16(3,4)14-5-7-15(17)8-6-14/h5,9,12,15H,6-8,10-11,17H2,1-4H3. The summed E-state index contributed by atoms with van der Waals surface area (Å²) in [5, 5.41) is 0. The molecule has 1 aliphatic heterocycles. The first kappa shape index (κ1) is 13.8. The van der Waals surface area contributed by atoms with E-state index in [0.29, 0.717) is 12.0 Å². The van der Waals surface area contributed by atoms with Gasteiger partial charge in [-0.1, -0.05) is 37.1 Å². The van der Waals surface area contributed by atoms with Gasteiger partial charge in [-0.3, -0.25) is 4.90 Å². The molecule has 0 fully saturated rings. The highest BCUT2D eigenvalue weighted by atomic mass is 15.2. The van der Waals surface area contributed by atoms with Crippen LogP contribution >= 0.6 is 0 Å². The van der Waals surface area contributed by atoms with E-state index in [1.807, 2.05) is 0 Å². The van der Waals surface area contributed by atoms with Gasteiger partial charge in [-0.15, -0.1) is 0 Å². The van der Waals surface area contributed by atoms with Gasteiger partial charge in [0, 0.05) is 24.7 Å². The van der Waals surface area contributed by atoms with Gasteiger partial charge in [-0.25, -0.2) is 0 Å². The minimum atomic E-state index is 0.188. The third-order valence-electron chi connectivity index (χ3n) is 4.72. The van der Waals surface area contributed by atoms with Gasteiger partial charge in [-0.2, -0.15) is 0 Å². The van der Waals surface area contributed by atoms with Crippen molar-refractivity contribution in [2.24, 2.45) is 11.7 Å². The molecule has 0 radical (unpaired) electrons. The lowest BCUT2D eigenvalue weighted by molar-refractivity contribution is 0.188. The second kappa shape index (κ2) is 5.18. The smallest absolute Gasteiger partial charge is 0.0370 e. The Bertz CT molecular complexity index is 363. The third-order valence-corrected chi connectivity index (χ3v) is 4.72. The van der Waals surface area contributed by atoms with Crippen molar-refractivity contribution >= 4 is 0 Å². The summed E-state index contributed by atoms with van der Waals surface area (Å²) >= 11 is 0. The predicted molar refractivity (Wildman–Crippen MR) is 78.5 cm³/mol. The summed E-state index contributed by atoms with van der Waals surface area (Å²) in [6, 6.07) is 0.382. The zero-order valence-corrected chi connectivity index (χ0v) is 12.4. The Kier molecular flexibility index (Phi) is 3.98. The Morgan fingerprint density at radius 2 is 2.06 bits per heavy atom. The van der Waals surface area contributed by atoms with E-state index in [1.165, 1.54) is 6.42 Å². The van der Waals surface area contributed by atoms with Gasteiger partial charge in [0.05, 0.1) is 0 Å². The van der Waals surface area contributed by atoms with Crippen LogP contribution in [0.5, 0.6) is 0 Å². The molecule has 0 saturated heterocycles. The van der Waals surface area contributed by atoms with Gasteiger partial charge < -0.3 is 5.73 Å². The van der Waals surface area contributed by atoms with E-state index in [2.05, 4.69) is 44.7 Å². The largest absolute Gasteiger partial charge is 0.327 e. The Hall–Kier alpha value is -0.600. The van der Waals surface area contributed by atoms with Gasteiger partial charge in [-0.05, 0) is 39.0 Å². The van der Waals surface area contributed by atoms with Crippen LogP contribution in [-0.2, 0) is 0 Å². The van der Waals surface area contributed by atoms with Crippen molar-refractivity contribution in [1.29, 1.82) is 0 Å². The first-order chi connectivity index (χ1) is 8.41. The van der Waals surface area contributed by atoms with Crippen LogP contribution in [0.2, 0.25) is 0 Å². The second-order valence-corrected chi connectivity index (χ2v) is 6.64. The molecule has 1 unspecified atom stereocenters. The minimum Gasteiger partial charge on any atom is -0.327 e. The number of hydrogen-bond acceptors (Lipinski definition) is 2. The van der Waals surface area contributed by atoms with Crippen molar-refractivity contribution in [3.05, 3.63) is 23.3 Å². The van der Waals surface area contributed by atoms with E-state index >= 15 is 0 Å². The summed E-state index contributed by atoms with van der Waals surface area (Å²) in [4.78, 5) is 2.60. The summed E-state index contributed by atoms with van der Waals surface area (Å²) in [7, 11) is 0. The third kappa shape index (κ3) is 2.70. The first-order valence-corrected chi connectivity index (χ1v) is 7.30. The molecule has 18 heavy (non-hydrogen) atoms. The lowest BCUT2D eigenvalue weighted by Crippen LogP contribution is -2.45. The predicted octanol–water partition coefficient (Wildman–Crippen LogP) is 3.10. The van der Waals surface area contributed by atoms with Gasteiger partial charge in [0.2, 0.25) is 0 Å². The SMILES string of the molecule is CC(C)C1=CCN(C(C)(C)C2=CCC(N)CC2)C1. The van der Waals surface area contributed by atoms with Crippen molar-refractivity contribution in [3.8, 4) is 0 Å². The van der Waals surface area contributed by atoms with Crippen molar-refractivity contribution in [2.75, 3.05) is 13.1 Å². The first-order valence-electron chi connectivity index (χ1n) is 7.30. The molecule has 0 spiro atoms. The van der Waals surface area contributed by atoms with Gasteiger partial charge >= 0.3 is 0 Å². The Balaban J connectivity index is 2.05. The maximum absolute atomic E-state index is 5.99. The normalized spacial score (nSPS) is 26.4. The topological polar surface area (TPSA) is 29.3 Å². The molecule has 2 N–H and O–H groups in total. The van der Waals surface area contributed by atoms with Crippen molar-refractivity contribution < 1.29 is 0 Å². The van der Waals surface area contributed by atoms with Crippen LogP contribution in [0.1, 0.15) is 47.0 Å². The maximum atomic E-state index is 5.99. The fraction of sp³-hybridized carbons (Fsp3) is 0.750. The highest BCUT2D eigenvalue weighted by Crippen LogP contribution is 2.34. The average molecular weight is 248 g/mol. The molecule has 1 aliphatic carbocycles. The van der Waals surface area contributed by atoms with Crippen LogP contribution in [0.25, 0.3) is 0 Å². The number of hydrogen-bond donors (Lipinski definition) is 1. The molecule has 2 aliphatic rings. The average Bonchev–Trinajstić information content (AvgIpc) is 2.79. The molecule has 0 aromatic rings. The van der Waals surface area contributed by atoms with Gasteiger partial charge in [0.15, 0.2) is 0 Å². The van der Waals surface area contributed by atoms with E-state index in [1.54, 1.807) is 11.1 Å². The molecular weight excluding hydrogens is 220 g/mol. The monoisotopic (exact) mass is 248 g/mol. The molecule has 0 aromatic heterocycles. The molecule has 1 heterocycles. The Morgan fingerprint density at radius 3 is 2.56 bits per heavy atom. The molecule has 0 bridgehead atoms. The van der Waals surface area contributed by atoms with Crippen LogP contribution in [0.3, 0.4) is 0 Å². The van der Waals surface area contributed by atoms with Gasteiger partial charge in [0.1, 0.15) is 0 Å². The second-order valence-electron chi connectivity index (χ2n) is 6.64. The summed E-state index contributed by atoms with van der Waals surface area (Å²) in [6.45, 7) is 11.6. The highest BCUT2D eigenvalue weighted by Gasteiger charge is 2.34. The number of rotatable bonds is 3. The fourth-order valence-corrected chi connectivity index (χ4v) is 3.03. The lowest BCUT2D eigenvalue weighted by atomic mass is 9.83. The molecule has 0 saturated carbocycles. The summed E-state index contributed by atoms with van der Waals surface area (Å²) in [5.41, 5.74) is 9.35. The van der Waals surface area contributed by atoms with E-state index in [-0.39, 0.29) is 5.54 Å². The van der Waals surface area contributed by atoms with E-state index < -0.39 is 0 Å². The zero-order valence-electron chi connectivity index (χ0n) is 12.4. The van der Waals surface area contributed by atoms with Gasteiger partial charge in [0.25, 0.3) is 0 Å². The van der Waals surface area contributed by atoms with Crippen molar-refractivity contribution in [3.63, 3.8) is 0 Å². The molecule has 102 valence electrons. The van der Waals surface area contributed by atoms with Crippen LogP contribution in [-0.4, -0.2) is 29.6 Å². The zero-order chi connectivity index (χ0) is 13.3.